The molecule has 5 rings (SSSR count). The lowest BCUT2D eigenvalue weighted by Gasteiger charge is -2.07. The van der Waals surface area contributed by atoms with Crippen LogP contribution < -0.4 is 0 Å². The molecule has 2 heterocycles. The minimum Gasteiger partial charge on any atom is -0.436 e. The van der Waals surface area contributed by atoms with E-state index in [0.29, 0.717) is 5.89 Å². The molecule has 0 bridgehead atoms. The number of rotatable bonds is 4. The standard InChI is InChI=1S/C24H18N2O2/c1-3-7-18(8-4-1)22-15-21(26-28-22)17-11-13-19(14-12-17)23-16-25-24(27-23)20-9-5-2-6-10-20/h1-14,16,22H,15H2. The summed E-state index contributed by atoms with van der Waals surface area (Å²) in [6.07, 6.45) is 2.52. The molecule has 0 spiro atoms. The van der Waals surface area contributed by atoms with Crippen LogP contribution in [0, 0.1) is 0 Å². The summed E-state index contributed by atoms with van der Waals surface area (Å²) in [6.45, 7) is 0. The zero-order valence-electron chi connectivity index (χ0n) is 15.2. The fourth-order valence-corrected chi connectivity index (χ4v) is 3.34. The van der Waals surface area contributed by atoms with Crippen molar-refractivity contribution < 1.29 is 9.25 Å². The highest BCUT2D eigenvalue weighted by Gasteiger charge is 2.23. The van der Waals surface area contributed by atoms with Crippen molar-refractivity contribution in [2.45, 2.75) is 12.5 Å². The molecule has 0 fully saturated rings. The summed E-state index contributed by atoms with van der Waals surface area (Å²) in [6, 6.07) is 28.2. The van der Waals surface area contributed by atoms with Crippen LogP contribution >= 0.6 is 0 Å². The Morgan fingerprint density at radius 3 is 2.14 bits per heavy atom. The molecule has 28 heavy (non-hydrogen) atoms. The largest absolute Gasteiger partial charge is 0.436 e. The van der Waals surface area contributed by atoms with Crippen molar-refractivity contribution in [3.63, 3.8) is 0 Å². The lowest BCUT2D eigenvalue weighted by Crippen LogP contribution is -2.01. The predicted molar refractivity (Wildman–Crippen MR) is 109 cm³/mol. The number of aromatic nitrogens is 1. The first-order valence-corrected chi connectivity index (χ1v) is 9.26. The third-order valence-electron chi connectivity index (χ3n) is 4.87. The molecule has 4 heteroatoms. The molecule has 1 atom stereocenters. The Kier molecular flexibility index (Phi) is 4.22. The molecule has 1 aliphatic heterocycles. The van der Waals surface area contributed by atoms with Gasteiger partial charge in [0.05, 0.1) is 11.9 Å². The molecule has 0 N–H and O–H groups in total. The van der Waals surface area contributed by atoms with Gasteiger partial charge in [-0.25, -0.2) is 4.98 Å². The number of oxime groups is 1. The van der Waals surface area contributed by atoms with Gasteiger partial charge in [0.2, 0.25) is 5.89 Å². The van der Waals surface area contributed by atoms with Crippen LogP contribution in [0.4, 0.5) is 0 Å². The summed E-state index contributed by atoms with van der Waals surface area (Å²) in [4.78, 5) is 10.0. The molecule has 0 saturated heterocycles. The van der Waals surface area contributed by atoms with Gasteiger partial charge in [0, 0.05) is 17.5 Å². The van der Waals surface area contributed by atoms with Gasteiger partial charge in [-0.3, -0.25) is 0 Å². The molecule has 0 saturated carbocycles. The molecule has 3 aromatic carbocycles. The highest BCUT2D eigenvalue weighted by atomic mass is 16.6. The van der Waals surface area contributed by atoms with E-state index in [1.165, 1.54) is 0 Å². The zero-order chi connectivity index (χ0) is 18.8. The van der Waals surface area contributed by atoms with Gasteiger partial charge in [0.15, 0.2) is 11.9 Å². The normalized spacial score (nSPS) is 15.9. The van der Waals surface area contributed by atoms with E-state index in [0.717, 1.165) is 40.1 Å². The first-order valence-electron chi connectivity index (χ1n) is 9.26. The van der Waals surface area contributed by atoms with Crippen LogP contribution in [0.25, 0.3) is 22.8 Å². The number of nitrogens with zero attached hydrogens (tertiary/aromatic N) is 2. The van der Waals surface area contributed by atoms with Crippen molar-refractivity contribution in [2.24, 2.45) is 5.16 Å². The molecular formula is C24H18N2O2. The SMILES string of the molecule is c1ccc(-c2ncc(-c3ccc(C4=NOC(c5ccccc5)C4)cc3)o2)cc1. The Balaban J connectivity index is 1.32. The molecule has 4 aromatic rings. The van der Waals surface area contributed by atoms with Crippen molar-refractivity contribution in [3.05, 3.63) is 102 Å². The van der Waals surface area contributed by atoms with Crippen molar-refractivity contribution in [1.82, 2.24) is 4.98 Å². The molecule has 4 nitrogen and oxygen atoms in total. The quantitative estimate of drug-likeness (QED) is 0.453. The number of benzene rings is 3. The monoisotopic (exact) mass is 366 g/mol. The van der Waals surface area contributed by atoms with E-state index in [-0.39, 0.29) is 6.10 Å². The molecule has 1 aromatic heterocycles. The maximum atomic E-state index is 5.93. The predicted octanol–water partition coefficient (Wildman–Crippen LogP) is 5.87. The van der Waals surface area contributed by atoms with Crippen LogP contribution in [0.3, 0.4) is 0 Å². The maximum Gasteiger partial charge on any atom is 0.226 e. The molecule has 1 aliphatic rings. The van der Waals surface area contributed by atoms with Crippen molar-refractivity contribution >= 4 is 5.71 Å². The lowest BCUT2D eigenvalue weighted by atomic mass is 9.99. The lowest BCUT2D eigenvalue weighted by molar-refractivity contribution is 0.0857. The van der Waals surface area contributed by atoms with Gasteiger partial charge in [0.25, 0.3) is 0 Å². The van der Waals surface area contributed by atoms with Crippen LogP contribution in [0.5, 0.6) is 0 Å². The van der Waals surface area contributed by atoms with E-state index < -0.39 is 0 Å². The molecular weight excluding hydrogens is 348 g/mol. The molecule has 0 amide bonds. The number of hydrogen-bond acceptors (Lipinski definition) is 4. The molecule has 0 radical (unpaired) electrons. The van der Waals surface area contributed by atoms with Crippen LogP contribution in [0.2, 0.25) is 0 Å². The Hall–Kier alpha value is -3.66. The first-order chi connectivity index (χ1) is 13.9. The second-order valence-corrected chi connectivity index (χ2v) is 6.72. The highest BCUT2D eigenvalue weighted by molar-refractivity contribution is 6.01. The topological polar surface area (TPSA) is 47.6 Å². The molecule has 1 unspecified atom stereocenters. The van der Waals surface area contributed by atoms with Crippen molar-refractivity contribution in [2.75, 3.05) is 0 Å². The van der Waals surface area contributed by atoms with E-state index in [1.807, 2.05) is 60.7 Å². The van der Waals surface area contributed by atoms with E-state index in [2.05, 4.69) is 34.4 Å². The maximum absolute atomic E-state index is 5.93. The van der Waals surface area contributed by atoms with Crippen LogP contribution in [-0.2, 0) is 4.84 Å². The second kappa shape index (κ2) is 7.16. The summed E-state index contributed by atoms with van der Waals surface area (Å²) in [5.41, 5.74) is 5.12. The Morgan fingerprint density at radius 1 is 0.714 bits per heavy atom. The van der Waals surface area contributed by atoms with Gasteiger partial charge in [-0.2, -0.15) is 0 Å². The van der Waals surface area contributed by atoms with Gasteiger partial charge in [-0.1, -0.05) is 78.0 Å². The van der Waals surface area contributed by atoms with Gasteiger partial charge >= 0.3 is 0 Å². The van der Waals surface area contributed by atoms with Gasteiger partial charge in [-0.05, 0) is 23.3 Å². The summed E-state index contributed by atoms with van der Waals surface area (Å²) in [5, 5.41) is 4.29. The third kappa shape index (κ3) is 3.21. The number of oxazole rings is 1. The Bertz CT molecular complexity index is 1100. The van der Waals surface area contributed by atoms with Crippen molar-refractivity contribution in [3.8, 4) is 22.8 Å². The van der Waals surface area contributed by atoms with Crippen molar-refractivity contribution in [1.29, 1.82) is 0 Å². The van der Waals surface area contributed by atoms with Crippen LogP contribution in [0.1, 0.15) is 23.7 Å². The van der Waals surface area contributed by atoms with Gasteiger partial charge in [-0.15, -0.1) is 0 Å². The van der Waals surface area contributed by atoms with E-state index in [9.17, 15) is 0 Å². The average molecular weight is 366 g/mol. The smallest absolute Gasteiger partial charge is 0.226 e. The summed E-state index contributed by atoms with van der Waals surface area (Å²) in [5.74, 6) is 1.37. The summed E-state index contributed by atoms with van der Waals surface area (Å²) in [7, 11) is 0. The van der Waals surface area contributed by atoms with Crippen LogP contribution in [-0.4, -0.2) is 10.7 Å². The van der Waals surface area contributed by atoms with E-state index >= 15 is 0 Å². The summed E-state index contributed by atoms with van der Waals surface area (Å²) >= 11 is 0. The number of hydrogen-bond donors (Lipinski definition) is 0. The molecule has 0 aliphatic carbocycles. The minimum atomic E-state index is -0.0152. The zero-order valence-corrected chi connectivity index (χ0v) is 15.2. The fraction of sp³-hybridized carbons (Fsp3) is 0.0833. The molecule has 136 valence electrons. The van der Waals surface area contributed by atoms with E-state index in [1.54, 1.807) is 6.20 Å². The first kappa shape index (κ1) is 16.5. The van der Waals surface area contributed by atoms with Gasteiger partial charge < -0.3 is 9.25 Å². The third-order valence-corrected chi connectivity index (χ3v) is 4.87. The average Bonchev–Trinajstić information content (AvgIpc) is 3.46. The van der Waals surface area contributed by atoms with E-state index in [4.69, 9.17) is 9.25 Å². The highest BCUT2D eigenvalue weighted by Crippen LogP contribution is 2.31. The Labute approximate surface area is 163 Å². The van der Waals surface area contributed by atoms with Crippen LogP contribution in [0.15, 0.2) is 101 Å². The van der Waals surface area contributed by atoms with Gasteiger partial charge in [0.1, 0.15) is 0 Å². The summed E-state index contributed by atoms with van der Waals surface area (Å²) < 4.78 is 5.93. The second-order valence-electron chi connectivity index (χ2n) is 6.72. The Morgan fingerprint density at radius 2 is 1.39 bits per heavy atom. The minimum absolute atomic E-state index is 0.0152. The fourth-order valence-electron chi connectivity index (χ4n) is 3.34.